The molecule has 0 radical (unpaired) electrons. The molecule has 9 nitrogen and oxygen atoms in total. The van der Waals surface area contributed by atoms with Gasteiger partial charge in [-0.2, -0.15) is 4.98 Å². The number of fused-ring (bicyclic) bond motifs is 4. The first-order valence-electron chi connectivity index (χ1n) is 14.6. The van der Waals surface area contributed by atoms with Gasteiger partial charge < -0.3 is 25.0 Å². The molecule has 3 aromatic heterocycles. The van der Waals surface area contributed by atoms with Crippen LogP contribution in [0.3, 0.4) is 0 Å². The standard InChI is InChI=1S/C29H38N8O/c38-27-24-17-21-18-31-28(34-26(21)37(24)29(20-32-27)11-3-1-4-12-29)33-25-8-7-23(19-30-25)36-15-9-22(10-16-36)35-13-5-2-6-14-35/h7-8,17-19,22H,1-6,9-16,20H2,(H,32,38)(H,30,31,33,34). The predicted molar refractivity (Wildman–Crippen MR) is 149 cm³/mol. The third-order valence-corrected chi connectivity index (χ3v) is 9.33. The number of piperidine rings is 2. The maximum absolute atomic E-state index is 12.7. The van der Waals surface area contributed by atoms with E-state index in [1.54, 1.807) is 0 Å². The highest BCUT2D eigenvalue weighted by Gasteiger charge is 2.41. The summed E-state index contributed by atoms with van der Waals surface area (Å²) in [5.74, 6) is 1.22. The molecule has 38 heavy (non-hydrogen) atoms. The average Bonchev–Trinajstić information content (AvgIpc) is 3.38. The van der Waals surface area contributed by atoms with E-state index in [-0.39, 0.29) is 11.4 Å². The van der Waals surface area contributed by atoms with E-state index < -0.39 is 0 Å². The fraction of sp³-hybridized carbons (Fsp3) is 0.586. The number of anilines is 3. The van der Waals surface area contributed by atoms with Crippen LogP contribution in [0.15, 0.2) is 30.6 Å². The van der Waals surface area contributed by atoms with Gasteiger partial charge in [0.2, 0.25) is 5.95 Å². The first-order chi connectivity index (χ1) is 18.7. The van der Waals surface area contributed by atoms with Crippen molar-refractivity contribution in [1.29, 1.82) is 0 Å². The second kappa shape index (κ2) is 9.84. The van der Waals surface area contributed by atoms with Crippen molar-refractivity contribution in [2.24, 2.45) is 0 Å². The molecule has 1 saturated carbocycles. The van der Waals surface area contributed by atoms with Gasteiger partial charge in [-0.25, -0.2) is 9.97 Å². The van der Waals surface area contributed by atoms with Crippen molar-refractivity contribution >= 4 is 34.4 Å². The minimum atomic E-state index is -0.0871. The normalized spacial score (nSPS) is 22.4. The Morgan fingerprint density at radius 1 is 0.921 bits per heavy atom. The fourth-order valence-corrected chi connectivity index (χ4v) is 7.26. The molecule has 4 aliphatic rings. The molecule has 0 atom stereocenters. The first-order valence-corrected chi connectivity index (χ1v) is 14.6. The number of hydrogen-bond acceptors (Lipinski definition) is 7. The Balaban J connectivity index is 1.07. The summed E-state index contributed by atoms with van der Waals surface area (Å²) in [4.78, 5) is 32.0. The van der Waals surface area contributed by atoms with Gasteiger partial charge >= 0.3 is 0 Å². The molecule has 1 spiro atoms. The van der Waals surface area contributed by atoms with Crippen molar-refractivity contribution in [1.82, 2.24) is 29.7 Å². The van der Waals surface area contributed by atoms with Gasteiger partial charge in [-0.3, -0.25) is 4.79 Å². The van der Waals surface area contributed by atoms with Crippen LogP contribution in [0.4, 0.5) is 17.5 Å². The number of amides is 1. The largest absolute Gasteiger partial charge is 0.370 e. The first kappa shape index (κ1) is 23.9. The molecule has 3 aliphatic heterocycles. The van der Waals surface area contributed by atoms with Crippen LogP contribution in [-0.2, 0) is 5.54 Å². The van der Waals surface area contributed by atoms with Crippen molar-refractivity contribution < 1.29 is 4.79 Å². The second-order valence-electron chi connectivity index (χ2n) is 11.6. The van der Waals surface area contributed by atoms with Gasteiger partial charge in [0.15, 0.2) is 0 Å². The van der Waals surface area contributed by atoms with Gasteiger partial charge in [0, 0.05) is 37.3 Å². The van der Waals surface area contributed by atoms with Crippen molar-refractivity contribution in [3.05, 3.63) is 36.3 Å². The van der Waals surface area contributed by atoms with Crippen LogP contribution >= 0.6 is 0 Å². The highest BCUT2D eigenvalue weighted by molar-refractivity contribution is 5.99. The van der Waals surface area contributed by atoms with E-state index in [0.717, 1.165) is 48.8 Å². The molecule has 9 heteroatoms. The second-order valence-corrected chi connectivity index (χ2v) is 11.6. The molecule has 1 aliphatic carbocycles. The predicted octanol–water partition coefficient (Wildman–Crippen LogP) is 4.43. The summed E-state index contributed by atoms with van der Waals surface area (Å²) in [6.07, 6.45) is 16.1. The number of nitrogens with zero attached hydrogens (tertiary/aromatic N) is 6. The van der Waals surface area contributed by atoms with Gasteiger partial charge in [-0.05, 0) is 69.8 Å². The Bertz CT molecular complexity index is 1300. The van der Waals surface area contributed by atoms with Crippen molar-refractivity contribution in [2.45, 2.75) is 75.8 Å². The minimum absolute atomic E-state index is 0.0223. The SMILES string of the molecule is O=C1NCC2(CCCCC2)n2c1cc1cnc(Nc3ccc(N4CCC(N5CCCCC5)CC4)cn3)nc12. The third-order valence-electron chi connectivity index (χ3n) is 9.33. The number of carbonyl (C=O) groups is 1. The Morgan fingerprint density at radius 3 is 2.47 bits per heavy atom. The van der Waals surface area contributed by atoms with Gasteiger partial charge in [-0.15, -0.1) is 0 Å². The van der Waals surface area contributed by atoms with Crippen LogP contribution in [0.5, 0.6) is 0 Å². The molecule has 0 unspecified atom stereocenters. The number of nitrogens with one attached hydrogen (secondary N) is 2. The monoisotopic (exact) mass is 514 g/mol. The Kier molecular flexibility index (Phi) is 6.18. The molecule has 3 fully saturated rings. The van der Waals surface area contributed by atoms with E-state index in [4.69, 9.17) is 9.97 Å². The van der Waals surface area contributed by atoms with E-state index in [2.05, 4.69) is 36.1 Å². The van der Waals surface area contributed by atoms with Crippen LogP contribution in [0, 0.1) is 0 Å². The number of pyridine rings is 1. The summed E-state index contributed by atoms with van der Waals surface area (Å²) in [6.45, 7) is 5.41. The zero-order valence-corrected chi connectivity index (χ0v) is 22.2. The lowest BCUT2D eigenvalue weighted by Gasteiger charge is -2.42. The number of rotatable bonds is 4. The third kappa shape index (κ3) is 4.30. The summed E-state index contributed by atoms with van der Waals surface area (Å²) >= 11 is 0. The van der Waals surface area contributed by atoms with Crippen molar-refractivity contribution in [2.75, 3.05) is 42.9 Å². The summed E-state index contributed by atoms with van der Waals surface area (Å²) in [6, 6.07) is 6.84. The van der Waals surface area contributed by atoms with E-state index >= 15 is 0 Å². The molecular weight excluding hydrogens is 476 g/mol. The van der Waals surface area contributed by atoms with Crippen LogP contribution in [0.1, 0.15) is 74.7 Å². The molecule has 6 heterocycles. The van der Waals surface area contributed by atoms with Crippen molar-refractivity contribution in [3.8, 4) is 0 Å². The fourth-order valence-electron chi connectivity index (χ4n) is 7.26. The van der Waals surface area contributed by atoms with Gasteiger partial charge in [-0.1, -0.05) is 25.7 Å². The summed E-state index contributed by atoms with van der Waals surface area (Å²) in [5.41, 5.74) is 2.62. The van der Waals surface area contributed by atoms with Crippen LogP contribution in [-0.4, -0.2) is 69.1 Å². The van der Waals surface area contributed by atoms with E-state index in [1.807, 2.05) is 24.5 Å². The molecule has 7 rings (SSSR count). The van der Waals surface area contributed by atoms with Crippen molar-refractivity contribution in [3.63, 3.8) is 0 Å². The molecule has 2 N–H and O–H groups in total. The molecule has 3 aromatic rings. The van der Waals surface area contributed by atoms with Crippen LogP contribution in [0.2, 0.25) is 0 Å². The Morgan fingerprint density at radius 2 is 1.71 bits per heavy atom. The Labute approximate surface area is 224 Å². The number of aromatic nitrogens is 4. The quantitative estimate of drug-likeness (QED) is 0.532. The average molecular weight is 515 g/mol. The van der Waals surface area contributed by atoms with Gasteiger partial charge in [0.1, 0.15) is 17.2 Å². The van der Waals surface area contributed by atoms with Gasteiger partial charge in [0.05, 0.1) is 17.4 Å². The number of hydrogen-bond donors (Lipinski definition) is 2. The van der Waals surface area contributed by atoms with E-state index in [0.29, 0.717) is 18.2 Å². The molecule has 1 amide bonds. The molecular formula is C29H38N8O. The maximum Gasteiger partial charge on any atom is 0.268 e. The number of carbonyl (C=O) groups excluding carboxylic acids is 1. The summed E-state index contributed by atoms with van der Waals surface area (Å²) in [5, 5.41) is 7.33. The maximum atomic E-state index is 12.7. The van der Waals surface area contributed by atoms with Gasteiger partial charge in [0.25, 0.3) is 5.91 Å². The number of likely N-dealkylation sites (tertiary alicyclic amines) is 1. The highest BCUT2D eigenvalue weighted by Crippen LogP contribution is 2.40. The molecule has 0 bridgehead atoms. The lowest BCUT2D eigenvalue weighted by Crippen LogP contribution is -2.52. The summed E-state index contributed by atoms with van der Waals surface area (Å²) < 4.78 is 2.21. The van der Waals surface area contributed by atoms with E-state index in [9.17, 15) is 4.79 Å². The van der Waals surface area contributed by atoms with Crippen LogP contribution in [0.25, 0.3) is 11.0 Å². The lowest BCUT2D eigenvalue weighted by atomic mass is 9.80. The molecule has 2 saturated heterocycles. The zero-order valence-electron chi connectivity index (χ0n) is 22.2. The molecule has 200 valence electrons. The smallest absolute Gasteiger partial charge is 0.268 e. The Hall–Kier alpha value is -3.20. The minimum Gasteiger partial charge on any atom is -0.370 e. The van der Waals surface area contributed by atoms with Crippen LogP contribution < -0.4 is 15.5 Å². The summed E-state index contributed by atoms with van der Waals surface area (Å²) in [7, 11) is 0. The zero-order chi connectivity index (χ0) is 25.5. The topological polar surface area (TPSA) is 91.2 Å². The molecule has 0 aromatic carbocycles. The highest BCUT2D eigenvalue weighted by atomic mass is 16.2. The lowest BCUT2D eigenvalue weighted by molar-refractivity contribution is 0.0833. The van der Waals surface area contributed by atoms with E-state index in [1.165, 1.54) is 70.1 Å².